The number of nitrogens with zero attached hydrogens (tertiary/aromatic N) is 2. The molecule has 1 atom stereocenters. The summed E-state index contributed by atoms with van der Waals surface area (Å²) in [5, 5.41) is 8.19. The van der Waals surface area contributed by atoms with Gasteiger partial charge in [-0.2, -0.15) is 0 Å². The molecular formula is C19H32N4O2S. The fourth-order valence-electron chi connectivity index (χ4n) is 3.71. The van der Waals surface area contributed by atoms with Crippen LogP contribution in [0.2, 0.25) is 0 Å². The molecule has 0 radical (unpaired) electrons. The smallest absolute Gasteiger partial charge is 0.314 e. The molecule has 2 amide bonds. The average Bonchev–Trinajstić information content (AvgIpc) is 3.18. The second kappa shape index (κ2) is 10.9. The molecule has 0 aromatic carbocycles. The quantitative estimate of drug-likeness (QED) is 0.677. The highest BCUT2D eigenvalue weighted by Gasteiger charge is 2.20. The molecule has 3 heterocycles. The van der Waals surface area contributed by atoms with Crippen LogP contribution in [0.3, 0.4) is 0 Å². The predicted molar refractivity (Wildman–Crippen MR) is 106 cm³/mol. The van der Waals surface area contributed by atoms with Crippen molar-refractivity contribution < 1.29 is 9.53 Å². The first kappa shape index (κ1) is 19.6. The fraction of sp³-hybridized carbons (Fsp3) is 0.737. The lowest BCUT2D eigenvalue weighted by Gasteiger charge is -2.32. The highest BCUT2D eigenvalue weighted by atomic mass is 32.1. The lowest BCUT2D eigenvalue weighted by atomic mass is 9.98. The second-order valence-corrected chi connectivity index (χ2v) is 8.30. The minimum Gasteiger partial charge on any atom is -0.379 e. The number of morpholine rings is 1. The number of nitrogens with one attached hydrogen (secondary N) is 2. The third-order valence-electron chi connectivity index (χ3n) is 5.15. The molecule has 0 spiro atoms. The van der Waals surface area contributed by atoms with E-state index in [1.54, 1.807) is 0 Å². The van der Waals surface area contributed by atoms with Gasteiger partial charge >= 0.3 is 6.03 Å². The van der Waals surface area contributed by atoms with Crippen LogP contribution < -0.4 is 10.6 Å². The van der Waals surface area contributed by atoms with E-state index in [4.69, 9.17) is 4.74 Å². The number of likely N-dealkylation sites (tertiary alicyclic amines) is 1. The number of thiophene rings is 1. The van der Waals surface area contributed by atoms with Gasteiger partial charge in [0.15, 0.2) is 0 Å². The van der Waals surface area contributed by atoms with E-state index in [-0.39, 0.29) is 6.03 Å². The number of carbonyl (C=O) groups is 1. The summed E-state index contributed by atoms with van der Waals surface area (Å²) in [7, 11) is 0. The number of ether oxygens (including phenoxy) is 1. The topological polar surface area (TPSA) is 56.8 Å². The Bertz CT molecular complexity index is 520. The van der Waals surface area contributed by atoms with Crippen molar-refractivity contribution in [2.75, 3.05) is 59.0 Å². The minimum absolute atomic E-state index is 0.0256. The Balaban J connectivity index is 1.25. The van der Waals surface area contributed by atoms with Gasteiger partial charge in [-0.1, -0.05) is 6.07 Å². The molecule has 2 aliphatic rings. The van der Waals surface area contributed by atoms with Crippen LogP contribution in [0.25, 0.3) is 0 Å². The van der Waals surface area contributed by atoms with Crippen molar-refractivity contribution >= 4 is 17.4 Å². The van der Waals surface area contributed by atoms with Gasteiger partial charge in [-0.3, -0.25) is 9.80 Å². The molecule has 2 fully saturated rings. The molecule has 1 aromatic heterocycles. The molecule has 6 nitrogen and oxygen atoms in total. The largest absolute Gasteiger partial charge is 0.379 e. The monoisotopic (exact) mass is 380 g/mol. The van der Waals surface area contributed by atoms with Gasteiger partial charge in [-0.25, -0.2) is 4.79 Å². The zero-order chi connectivity index (χ0) is 18.0. The van der Waals surface area contributed by atoms with Gasteiger partial charge in [0, 0.05) is 44.1 Å². The summed E-state index contributed by atoms with van der Waals surface area (Å²) in [6.45, 7) is 9.51. The summed E-state index contributed by atoms with van der Waals surface area (Å²) >= 11 is 1.83. The van der Waals surface area contributed by atoms with E-state index in [0.29, 0.717) is 5.92 Å². The number of amides is 2. The van der Waals surface area contributed by atoms with Crippen molar-refractivity contribution in [3.05, 3.63) is 22.4 Å². The number of carbonyl (C=O) groups excluding carboxylic acids is 1. The summed E-state index contributed by atoms with van der Waals surface area (Å²) in [4.78, 5) is 18.3. The van der Waals surface area contributed by atoms with E-state index in [2.05, 4.69) is 37.9 Å². The molecule has 0 saturated carbocycles. The maximum Gasteiger partial charge on any atom is 0.314 e. The van der Waals surface area contributed by atoms with Crippen molar-refractivity contribution in [3.8, 4) is 0 Å². The molecule has 2 N–H and O–H groups in total. The molecule has 2 saturated heterocycles. The van der Waals surface area contributed by atoms with Crippen LogP contribution in [-0.2, 0) is 11.3 Å². The molecule has 7 heteroatoms. The van der Waals surface area contributed by atoms with Gasteiger partial charge in [0.25, 0.3) is 0 Å². The van der Waals surface area contributed by atoms with Crippen LogP contribution in [-0.4, -0.2) is 74.9 Å². The van der Waals surface area contributed by atoms with Gasteiger partial charge in [0.05, 0.1) is 13.2 Å². The molecule has 1 aromatic rings. The second-order valence-electron chi connectivity index (χ2n) is 7.27. The van der Waals surface area contributed by atoms with Crippen molar-refractivity contribution in [2.24, 2.45) is 5.92 Å². The molecule has 1 unspecified atom stereocenters. The maximum absolute atomic E-state index is 12.0. The van der Waals surface area contributed by atoms with Crippen LogP contribution in [0.5, 0.6) is 0 Å². The van der Waals surface area contributed by atoms with Crippen LogP contribution in [0.15, 0.2) is 17.5 Å². The summed E-state index contributed by atoms with van der Waals surface area (Å²) in [5.74, 6) is 0.558. The fourth-order valence-corrected chi connectivity index (χ4v) is 4.46. The Morgan fingerprint density at radius 1 is 1.23 bits per heavy atom. The predicted octanol–water partition coefficient (Wildman–Crippen LogP) is 1.98. The van der Waals surface area contributed by atoms with Crippen molar-refractivity contribution in [2.45, 2.75) is 25.8 Å². The van der Waals surface area contributed by atoms with Gasteiger partial charge in [0.1, 0.15) is 0 Å². The minimum atomic E-state index is -0.0256. The Morgan fingerprint density at radius 3 is 2.92 bits per heavy atom. The van der Waals surface area contributed by atoms with Gasteiger partial charge in [-0.05, 0) is 49.7 Å². The van der Waals surface area contributed by atoms with Crippen LogP contribution >= 0.6 is 11.3 Å². The van der Waals surface area contributed by atoms with E-state index in [1.807, 2.05) is 11.3 Å². The summed E-state index contributed by atoms with van der Waals surface area (Å²) in [6, 6.07) is 4.30. The summed E-state index contributed by atoms with van der Waals surface area (Å²) in [5.41, 5.74) is 0. The third kappa shape index (κ3) is 6.87. The van der Waals surface area contributed by atoms with Crippen LogP contribution in [0, 0.1) is 5.92 Å². The highest BCUT2D eigenvalue weighted by Crippen LogP contribution is 2.19. The van der Waals surface area contributed by atoms with Gasteiger partial charge < -0.3 is 15.4 Å². The van der Waals surface area contributed by atoms with E-state index >= 15 is 0 Å². The standard InChI is InChI=1S/C19H32N4O2S/c24-19(20-6-3-8-22-9-11-25-12-10-22)21-14-17-4-1-7-23(15-17)16-18-5-2-13-26-18/h2,5,13,17H,1,3-4,6-12,14-16H2,(H2,20,21,24). The molecule has 0 bridgehead atoms. The van der Waals surface area contributed by atoms with Crippen molar-refractivity contribution in [1.29, 1.82) is 0 Å². The Kier molecular flexibility index (Phi) is 8.20. The van der Waals surface area contributed by atoms with E-state index in [9.17, 15) is 4.79 Å². The third-order valence-corrected chi connectivity index (χ3v) is 6.02. The van der Waals surface area contributed by atoms with Crippen molar-refractivity contribution in [3.63, 3.8) is 0 Å². The van der Waals surface area contributed by atoms with Crippen LogP contribution in [0.1, 0.15) is 24.1 Å². The normalized spacial score (nSPS) is 22.2. The molecule has 0 aliphatic carbocycles. The lowest BCUT2D eigenvalue weighted by Crippen LogP contribution is -2.44. The van der Waals surface area contributed by atoms with Gasteiger partial charge in [0.2, 0.25) is 0 Å². The summed E-state index contributed by atoms with van der Waals surface area (Å²) in [6.07, 6.45) is 3.42. The first-order valence-corrected chi connectivity index (χ1v) is 10.7. The first-order chi connectivity index (χ1) is 12.8. The zero-order valence-electron chi connectivity index (χ0n) is 15.6. The molecular weight excluding hydrogens is 348 g/mol. The van der Waals surface area contributed by atoms with Gasteiger partial charge in [-0.15, -0.1) is 11.3 Å². The van der Waals surface area contributed by atoms with Crippen LogP contribution in [0.4, 0.5) is 4.79 Å². The lowest BCUT2D eigenvalue weighted by molar-refractivity contribution is 0.0375. The average molecular weight is 381 g/mol. The Labute approximate surface area is 160 Å². The number of urea groups is 1. The highest BCUT2D eigenvalue weighted by molar-refractivity contribution is 7.09. The number of piperidine rings is 1. The summed E-state index contributed by atoms with van der Waals surface area (Å²) < 4.78 is 5.35. The number of hydrogen-bond acceptors (Lipinski definition) is 5. The number of hydrogen-bond donors (Lipinski definition) is 2. The molecule has 146 valence electrons. The van der Waals surface area contributed by atoms with Crippen molar-refractivity contribution in [1.82, 2.24) is 20.4 Å². The Hall–Kier alpha value is -1.15. The molecule has 26 heavy (non-hydrogen) atoms. The molecule has 3 rings (SSSR count). The zero-order valence-corrected chi connectivity index (χ0v) is 16.4. The van der Waals surface area contributed by atoms with E-state index in [0.717, 1.165) is 65.4 Å². The van der Waals surface area contributed by atoms with E-state index in [1.165, 1.54) is 24.3 Å². The number of rotatable bonds is 8. The maximum atomic E-state index is 12.0. The van der Waals surface area contributed by atoms with E-state index < -0.39 is 0 Å². The SMILES string of the molecule is O=C(NCCCN1CCOCC1)NCC1CCCN(Cc2cccs2)C1. The molecule has 2 aliphatic heterocycles. The first-order valence-electron chi connectivity index (χ1n) is 9.86. The Morgan fingerprint density at radius 2 is 2.12 bits per heavy atom.